The van der Waals surface area contributed by atoms with Gasteiger partial charge in [0.1, 0.15) is 0 Å². The molecular weight excluding hydrogens is 234 g/mol. The lowest BCUT2D eigenvalue weighted by molar-refractivity contribution is 0.590. The second-order valence-corrected chi connectivity index (χ2v) is 6.71. The highest BCUT2D eigenvalue weighted by molar-refractivity contribution is 7.91. The van der Waals surface area contributed by atoms with Crippen LogP contribution in [0.2, 0.25) is 0 Å². The Morgan fingerprint density at radius 2 is 1.94 bits per heavy atom. The van der Waals surface area contributed by atoms with Crippen molar-refractivity contribution in [3.05, 3.63) is 36.0 Å². The predicted octanol–water partition coefficient (Wildman–Crippen LogP) is 2.38. The molecule has 3 nitrogen and oxygen atoms in total. The van der Waals surface area contributed by atoms with E-state index < -0.39 is 9.84 Å². The molecule has 0 bridgehead atoms. The first-order chi connectivity index (χ1) is 8.03. The molecule has 0 amide bonds. The Morgan fingerprint density at radius 1 is 1.24 bits per heavy atom. The Morgan fingerprint density at radius 3 is 2.65 bits per heavy atom. The van der Waals surface area contributed by atoms with Gasteiger partial charge in [0.2, 0.25) is 0 Å². The minimum Gasteiger partial charge on any atom is -0.344 e. The first-order valence-corrected chi connectivity index (χ1v) is 7.61. The van der Waals surface area contributed by atoms with Crippen LogP contribution in [-0.2, 0) is 16.4 Å². The van der Waals surface area contributed by atoms with Gasteiger partial charge < -0.3 is 4.57 Å². The van der Waals surface area contributed by atoms with Gasteiger partial charge >= 0.3 is 0 Å². The smallest absolute Gasteiger partial charge is 0.151 e. The van der Waals surface area contributed by atoms with Gasteiger partial charge in [0.15, 0.2) is 9.84 Å². The molecule has 0 atom stereocenters. The van der Waals surface area contributed by atoms with Crippen LogP contribution in [0.1, 0.15) is 12.6 Å². The van der Waals surface area contributed by atoms with Gasteiger partial charge in [0.25, 0.3) is 0 Å². The molecule has 0 fully saturated rings. The maximum absolute atomic E-state index is 11.5. The number of rotatable bonds is 4. The first-order valence-electron chi connectivity index (χ1n) is 5.79. The molecule has 0 saturated carbocycles. The lowest BCUT2D eigenvalue weighted by Gasteiger charge is -2.08. The second-order valence-electron chi connectivity index (χ2n) is 4.23. The van der Waals surface area contributed by atoms with Gasteiger partial charge in [-0.3, -0.25) is 0 Å². The van der Waals surface area contributed by atoms with Gasteiger partial charge in [0, 0.05) is 23.5 Å². The molecule has 1 aromatic heterocycles. The van der Waals surface area contributed by atoms with E-state index in [4.69, 9.17) is 0 Å². The van der Waals surface area contributed by atoms with Gasteiger partial charge in [-0.1, -0.05) is 25.1 Å². The van der Waals surface area contributed by atoms with Gasteiger partial charge in [0.05, 0.1) is 5.75 Å². The van der Waals surface area contributed by atoms with E-state index in [1.54, 1.807) is 6.92 Å². The zero-order valence-electron chi connectivity index (χ0n) is 10.2. The van der Waals surface area contributed by atoms with E-state index in [0.717, 1.165) is 11.2 Å². The highest BCUT2D eigenvalue weighted by atomic mass is 32.2. The molecule has 0 unspecified atom stereocenters. The fourth-order valence-electron chi connectivity index (χ4n) is 2.02. The fraction of sp³-hybridized carbons (Fsp3) is 0.385. The molecule has 17 heavy (non-hydrogen) atoms. The molecule has 2 aromatic rings. The van der Waals surface area contributed by atoms with Crippen molar-refractivity contribution < 1.29 is 8.42 Å². The number of hydrogen-bond acceptors (Lipinski definition) is 2. The zero-order valence-corrected chi connectivity index (χ0v) is 11.0. The molecule has 0 spiro atoms. The van der Waals surface area contributed by atoms with Crippen LogP contribution >= 0.6 is 0 Å². The van der Waals surface area contributed by atoms with E-state index >= 15 is 0 Å². The van der Waals surface area contributed by atoms with Crippen molar-refractivity contribution in [2.24, 2.45) is 0 Å². The van der Waals surface area contributed by atoms with E-state index in [1.807, 2.05) is 31.2 Å². The van der Waals surface area contributed by atoms with Crippen molar-refractivity contribution in [1.82, 2.24) is 4.57 Å². The van der Waals surface area contributed by atoms with E-state index in [0.29, 0.717) is 6.54 Å². The molecule has 0 radical (unpaired) electrons. The van der Waals surface area contributed by atoms with Crippen LogP contribution in [-0.4, -0.2) is 24.5 Å². The van der Waals surface area contributed by atoms with Crippen molar-refractivity contribution in [1.29, 1.82) is 0 Å². The van der Waals surface area contributed by atoms with Crippen LogP contribution in [0.25, 0.3) is 10.9 Å². The number of hydrogen-bond donors (Lipinski definition) is 0. The Hall–Kier alpha value is -1.29. The van der Waals surface area contributed by atoms with Crippen LogP contribution < -0.4 is 0 Å². The van der Waals surface area contributed by atoms with Crippen molar-refractivity contribution in [2.45, 2.75) is 20.4 Å². The third-order valence-electron chi connectivity index (χ3n) is 3.08. The standard InChI is InChI=1S/C13H17NO2S/c1-3-17(15,16)9-8-14-11(2)10-12-6-4-5-7-13(12)14/h4-7,10H,3,8-9H2,1-2H3. The maximum atomic E-state index is 11.5. The van der Waals surface area contributed by atoms with Crippen LogP contribution in [0, 0.1) is 6.92 Å². The number of aryl methyl sites for hydroxylation is 2. The maximum Gasteiger partial charge on any atom is 0.151 e. The Kier molecular flexibility index (Phi) is 3.24. The third kappa shape index (κ3) is 2.52. The van der Waals surface area contributed by atoms with E-state index in [1.165, 1.54) is 5.39 Å². The second kappa shape index (κ2) is 4.53. The Bertz CT molecular complexity index is 626. The van der Waals surface area contributed by atoms with Crippen molar-refractivity contribution >= 4 is 20.7 Å². The van der Waals surface area contributed by atoms with Crippen LogP contribution in [0.4, 0.5) is 0 Å². The summed E-state index contributed by atoms with van der Waals surface area (Å²) in [6.45, 7) is 4.24. The van der Waals surface area contributed by atoms with Crippen LogP contribution in [0.3, 0.4) is 0 Å². The SMILES string of the molecule is CCS(=O)(=O)CCn1c(C)cc2ccccc21. The molecule has 0 saturated heterocycles. The van der Waals surface area contributed by atoms with Gasteiger partial charge in [-0.25, -0.2) is 8.42 Å². The highest BCUT2D eigenvalue weighted by Gasteiger charge is 2.10. The number of aromatic nitrogens is 1. The number of benzene rings is 1. The minimum absolute atomic E-state index is 0.211. The topological polar surface area (TPSA) is 39.1 Å². The number of nitrogens with zero attached hydrogens (tertiary/aromatic N) is 1. The molecule has 92 valence electrons. The minimum atomic E-state index is -2.90. The van der Waals surface area contributed by atoms with Crippen molar-refractivity contribution in [3.63, 3.8) is 0 Å². The summed E-state index contributed by atoms with van der Waals surface area (Å²) in [5.74, 6) is 0.425. The fourth-order valence-corrected chi connectivity index (χ4v) is 2.77. The lowest BCUT2D eigenvalue weighted by Crippen LogP contribution is -2.15. The summed E-state index contributed by atoms with van der Waals surface area (Å²) in [6, 6.07) is 10.1. The average Bonchev–Trinajstić information content (AvgIpc) is 2.62. The van der Waals surface area contributed by atoms with E-state index in [-0.39, 0.29) is 11.5 Å². The van der Waals surface area contributed by atoms with Gasteiger partial charge in [-0.2, -0.15) is 0 Å². The quantitative estimate of drug-likeness (QED) is 0.837. The summed E-state index contributed by atoms with van der Waals surface area (Å²) < 4.78 is 25.1. The number of para-hydroxylation sites is 1. The zero-order chi connectivity index (χ0) is 12.5. The molecule has 4 heteroatoms. The molecular formula is C13H17NO2S. The third-order valence-corrected chi connectivity index (χ3v) is 4.77. The summed E-state index contributed by atoms with van der Waals surface area (Å²) in [7, 11) is -2.90. The predicted molar refractivity (Wildman–Crippen MR) is 71.0 cm³/mol. The summed E-state index contributed by atoms with van der Waals surface area (Å²) in [6.07, 6.45) is 0. The number of fused-ring (bicyclic) bond motifs is 1. The summed E-state index contributed by atoms with van der Waals surface area (Å²) in [4.78, 5) is 0. The Labute approximate surface area is 102 Å². The average molecular weight is 251 g/mol. The molecule has 1 aromatic carbocycles. The summed E-state index contributed by atoms with van der Waals surface area (Å²) in [5.41, 5.74) is 2.22. The molecule has 1 heterocycles. The van der Waals surface area contributed by atoms with E-state index in [2.05, 4.69) is 10.6 Å². The van der Waals surface area contributed by atoms with E-state index in [9.17, 15) is 8.42 Å². The van der Waals surface area contributed by atoms with Gasteiger partial charge in [-0.15, -0.1) is 0 Å². The number of sulfone groups is 1. The Balaban J connectivity index is 2.33. The van der Waals surface area contributed by atoms with Crippen LogP contribution in [0.15, 0.2) is 30.3 Å². The molecule has 0 aliphatic heterocycles. The molecule has 2 rings (SSSR count). The normalized spacial score (nSPS) is 12.1. The summed E-state index contributed by atoms with van der Waals surface area (Å²) >= 11 is 0. The largest absolute Gasteiger partial charge is 0.344 e. The van der Waals surface area contributed by atoms with Crippen molar-refractivity contribution in [3.8, 4) is 0 Å². The lowest BCUT2D eigenvalue weighted by atomic mass is 10.2. The first kappa shape index (κ1) is 12.2. The highest BCUT2D eigenvalue weighted by Crippen LogP contribution is 2.19. The molecule has 0 aliphatic carbocycles. The summed E-state index contributed by atoms with van der Waals surface area (Å²) in [5, 5.41) is 1.17. The van der Waals surface area contributed by atoms with Crippen LogP contribution in [0.5, 0.6) is 0 Å². The molecule has 0 N–H and O–H groups in total. The van der Waals surface area contributed by atoms with Crippen molar-refractivity contribution in [2.75, 3.05) is 11.5 Å². The monoisotopic (exact) mass is 251 g/mol. The molecule has 0 aliphatic rings. The van der Waals surface area contributed by atoms with Gasteiger partial charge in [-0.05, 0) is 24.4 Å².